The molecule has 0 aliphatic carbocycles. The predicted octanol–water partition coefficient (Wildman–Crippen LogP) is 2.01. The zero-order valence-electron chi connectivity index (χ0n) is 14.4. The fraction of sp³-hybridized carbons (Fsp3) is 0.438. The van der Waals surface area contributed by atoms with Gasteiger partial charge in [-0.05, 0) is 33.8 Å². The van der Waals surface area contributed by atoms with E-state index in [1.165, 1.54) is 6.21 Å². The summed E-state index contributed by atoms with van der Waals surface area (Å²) in [7, 11) is 0. The van der Waals surface area contributed by atoms with Crippen LogP contribution in [-0.4, -0.2) is 45.0 Å². The molecule has 24 heavy (non-hydrogen) atoms. The monoisotopic (exact) mass is 332 g/mol. The van der Waals surface area contributed by atoms with E-state index in [0.717, 1.165) is 5.39 Å². The Bertz CT molecular complexity index is 745. The molecule has 5 N–H and O–H groups in total. The first-order valence-electron chi connectivity index (χ1n) is 7.76. The number of H-pyrrole nitrogens is 1. The quantitative estimate of drug-likeness (QED) is 0.472. The summed E-state index contributed by atoms with van der Waals surface area (Å²) < 4.78 is 5.55. The van der Waals surface area contributed by atoms with E-state index in [1.807, 2.05) is 19.9 Å². The molecule has 2 aromatic heterocycles. The third kappa shape index (κ3) is 4.45. The molecule has 130 valence electrons. The molecule has 2 aromatic rings. The summed E-state index contributed by atoms with van der Waals surface area (Å²) in [5.74, 6) is 0.814. The van der Waals surface area contributed by atoms with Gasteiger partial charge in [-0.3, -0.25) is 0 Å². The zero-order valence-corrected chi connectivity index (χ0v) is 14.4. The van der Waals surface area contributed by atoms with Crippen molar-refractivity contribution in [2.75, 3.05) is 18.5 Å². The van der Waals surface area contributed by atoms with Gasteiger partial charge in [0.1, 0.15) is 5.65 Å². The van der Waals surface area contributed by atoms with Gasteiger partial charge in [0.25, 0.3) is 0 Å². The van der Waals surface area contributed by atoms with Crippen molar-refractivity contribution in [3.8, 4) is 5.88 Å². The maximum absolute atomic E-state index is 9.79. The molecular formula is C16H24N6O2. The van der Waals surface area contributed by atoms with Gasteiger partial charge in [0.15, 0.2) is 0 Å². The third-order valence-corrected chi connectivity index (χ3v) is 3.24. The number of fused-ring (bicyclic) bond motifs is 1. The van der Waals surface area contributed by atoms with Gasteiger partial charge in [-0.25, -0.2) is 0 Å². The van der Waals surface area contributed by atoms with Crippen LogP contribution in [0.2, 0.25) is 0 Å². The molecule has 0 fully saturated rings. The van der Waals surface area contributed by atoms with Crippen molar-refractivity contribution in [2.24, 2.45) is 0 Å². The number of aliphatic hydroxyl groups is 1. The van der Waals surface area contributed by atoms with Crippen LogP contribution in [-0.2, 0) is 0 Å². The van der Waals surface area contributed by atoms with Crippen LogP contribution in [0.4, 0.5) is 5.95 Å². The molecule has 0 aromatic carbocycles. The van der Waals surface area contributed by atoms with Crippen LogP contribution in [0.15, 0.2) is 23.7 Å². The van der Waals surface area contributed by atoms with E-state index in [4.69, 9.17) is 10.1 Å². The number of rotatable bonds is 8. The first kappa shape index (κ1) is 17.7. The average molecular weight is 332 g/mol. The Kier molecular flexibility index (Phi) is 5.40. The van der Waals surface area contributed by atoms with Crippen LogP contribution < -0.4 is 15.4 Å². The minimum Gasteiger partial charge on any atom is -0.477 e. The van der Waals surface area contributed by atoms with Crippen molar-refractivity contribution in [1.82, 2.24) is 20.3 Å². The number of anilines is 1. The topological polar surface area (TPSA) is 119 Å². The molecule has 0 saturated heterocycles. The molecular weight excluding hydrogens is 308 g/mol. The lowest BCUT2D eigenvalue weighted by molar-refractivity contribution is 0.0825. The number of hydrogen-bond acceptors (Lipinski definition) is 7. The summed E-state index contributed by atoms with van der Waals surface area (Å²) in [6, 6.07) is 1.85. The third-order valence-electron chi connectivity index (χ3n) is 3.24. The van der Waals surface area contributed by atoms with E-state index in [-0.39, 0.29) is 0 Å². The van der Waals surface area contributed by atoms with Gasteiger partial charge in [0.2, 0.25) is 11.8 Å². The predicted molar refractivity (Wildman–Crippen MR) is 94.5 cm³/mol. The highest BCUT2D eigenvalue weighted by Crippen LogP contribution is 2.23. The van der Waals surface area contributed by atoms with Crippen molar-refractivity contribution < 1.29 is 9.84 Å². The second-order valence-corrected chi connectivity index (χ2v) is 6.00. The maximum atomic E-state index is 9.79. The molecule has 0 aliphatic heterocycles. The molecule has 2 heterocycles. The van der Waals surface area contributed by atoms with Crippen LogP contribution >= 0.6 is 0 Å². The minimum absolute atomic E-state index is 0.330. The standard InChI is InChI=1S/C16H24N6O2/c1-5-24-14-11-6-7-18-13(11)21-15(22-14)20-12(8-17)10(2)19-9-16(3,4)23/h6-8,17,19,23H,5,9H2,1-4H3,(H2,18,20,21,22)/b12-10+,17-8?. The van der Waals surface area contributed by atoms with Crippen molar-refractivity contribution in [3.63, 3.8) is 0 Å². The van der Waals surface area contributed by atoms with Crippen LogP contribution in [0.25, 0.3) is 11.0 Å². The molecule has 8 nitrogen and oxygen atoms in total. The molecule has 0 saturated carbocycles. The normalized spacial score (nSPS) is 12.7. The Balaban J connectivity index is 2.27. The molecule has 2 rings (SSSR count). The first-order valence-corrected chi connectivity index (χ1v) is 7.76. The van der Waals surface area contributed by atoms with E-state index in [9.17, 15) is 5.11 Å². The minimum atomic E-state index is -0.851. The SMILES string of the molecule is CCOc1nc(N/C(C=N)=C(\C)NCC(C)(C)O)nc2[nH]ccc12. The number of aromatic nitrogens is 3. The lowest BCUT2D eigenvalue weighted by Crippen LogP contribution is -2.34. The van der Waals surface area contributed by atoms with Gasteiger partial charge in [-0.1, -0.05) is 0 Å². The van der Waals surface area contributed by atoms with E-state index in [1.54, 1.807) is 20.0 Å². The fourth-order valence-electron chi connectivity index (χ4n) is 2.02. The lowest BCUT2D eigenvalue weighted by atomic mass is 10.1. The summed E-state index contributed by atoms with van der Waals surface area (Å²) in [5, 5.41) is 24.3. The van der Waals surface area contributed by atoms with E-state index >= 15 is 0 Å². The number of aromatic amines is 1. The number of hydrogen-bond donors (Lipinski definition) is 5. The van der Waals surface area contributed by atoms with Crippen molar-refractivity contribution in [3.05, 3.63) is 23.7 Å². The summed E-state index contributed by atoms with van der Waals surface area (Å²) in [6.45, 7) is 7.98. The summed E-state index contributed by atoms with van der Waals surface area (Å²) in [4.78, 5) is 11.8. The van der Waals surface area contributed by atoms with Gasteiger partial charge in [-0.15, -0.1) is 0 Å². The summed E-state index contributed by atoms with van der Waals surface area (Å²) in [6.07, 6.45) is 2.95. The van der Waals surface area contributed by atoms with E-state index in [0.29, 0.717) is 42.0 Å². The van der Waals surface area contributed by atoms with Crippen molar-refractivity contribution >= 4 is 23.2 Å². The van der Waals surface area contributed by atoms with Gasteiger partial charge in [0.05, 0.1) is 23.3 Å². The molecule has 0 amide bonds. The highest BCUT2D eigenvalue weighted by molar-refractivity contribution is 5.84. The van der Waals surface area contributed by atoms with Gasteiger partial charge in [-0.2, -0.15) is 9.97 Å². The molecule has 0 atom stereocenters. The average Bonchev–Trinajstić information content (AvgIpc) is 2.98. The van der Waals surface area contributed by atoms with Crippen molar-refractivity contribution in [1.29, 1.82) is 5.41 Å². The van der Waals surface area contributed by atoms with Gasteiger partial charge in [0, 0.05) is 24.7 Å². The largest absolute Gasteiger partial charge is 0.477 e. The molecule has 0 radical (unpaired) electrons. The van der Waals surface area contributed by atoms with E-state index in [2.05, 4.69) is 25.6 Å². The zero-order chi connectivity index (χ0) is 17.7. The van der Waals surface area contributed by atoms with Gasteiger partial charge < -0.3 is 30.9 Å². The Morgan fingerprint density at radius 2 is 2.21 bits per heavy atom. The number of nitrogens with one attached hydrogen (secondary N) is 4. The smallest absolute Gasteiger partial charge is 0.232 e. The first-order chi connectivity index (χ1) is 11.3. The maximum Gasteiger partial charge on any atom is 0.232 e. The molecule has 0 aliphatic rings. The highest BCUT2D eigenvalue weighted by Gasteiger charge is 2.14. The van der Waals surface area contributed by atoms with E-state index < -0.39 is 5.60 Å². The Morgan fingerprint density at radius 3 is 2.83 bits per heavy atom. The summed E-state index contributed by atoms with van der Waals surface area (Å²) >= 11 is 0. The second-order valence-electron chi connectivity index (χ2n) is 6.00. The molecule has 0 spiro atoms. The van der Waals surface area contributed by atoms with Crippen LogP contribution in [0, 0.1) is 5.41 Å². The number of nitrogens with zero attached hydrogens (tertiary/aromatic N) is 2. The highest BCUT2D eigenvalue weighted by atomic mass is 16.5. The Hall–Kier alpha value is -2.61. The molecule has 8 heteroatoms. The number of ether oxygens (including phenoxy) is 1. The van der Waals surface area contributed by atoms with Crippen LogP contribution in [0.1, 0.15) is 27.7 Å². The van der Waals surface area contributed by atoms with Crippen LogP contribution in [0.3, 0.4) is 0 Å². The Labute approximate surface area is 140 Å². The Morgan fingerprint density at radius 1 is 1.46 bits per heavy atom. The summed E-state index contributed by atoms with van der Waals surface area (Å²) in [5.41, 5.74) is 1.02. The van der Waals surface area contributed by atoms with Crippen molar-refractivity contribution in [2.45, 2.75) is 33.3 Å². The lowest BCUT2D eigenvalue weighted by Gasteiger charge is -2.20. The van der Waals surface area contributed by atoms with Crippen LogP contribution in [0.5, 0.6) is 5.88 Å². The molecule has 0 bridgehead atoms. The second kappa shape index (κ2) is 7.31. The molecule has 0 unspecified atom stereocenters. The fourth-order valence-corrected chi connectivity index (χ4v) is 2.02. The number of allylic oxidation sites excluding steroid dienone is 2. The van der Waals surface area contributed by atoms with Gasteiger partial charge >= 0.3 is 0 Å².